The number of halogens is 6. The molecule has 0 unspecified atom stereocenters. The zero-order valence-corrected chi connectivity index (χ0v) is 12.3. The van der Waals surface area contributed by atoms with Gasteiger partial charge < -0.3 is 4.18 Å². The van der Waals surface area contributed by atoms with E-state index in [1.54, 1.807) is 0 Å². The molecule has 2 aromatic carbocycles. The van der Waals surface area contributed by atoms with Crippen molar-refractivity contribution in [3.8, 4) is 5.75 Å². The molecule has 2 rings (SSSR count). The summed E-state index contributed by atoms with van der Waals surface area (Å²) >= 11 is 0. The molecule has 0 saturated heterocycles. The molecule has 0 aliphatic rings. The third kappa shape index (κ3) is 4.19. The van der Waals surface area contributed by atoms with Gasteiger partial charge in [-0.2, -0.15) is 34.8 Å². The van der Waals surface area contributed by atoms with Crippen molar-refractivity contribution >= 4 is 10.1 Å². The molecule has 0 aliphatic carbocycles. The van der Waals surface area contributed by atoms with Gasteiger partial charge in [0.15, 0.2) is 0 Å². The maximum Gasteiger partial charge on any atom is 0.416 e. The van der Waals surface area contributed by atoms with Gasteiger partial charge in [0.25, 0.3) is 0 Å². The fourth-order valence-corrected chi connectivity index (χ4v) is 2.72. The monoisotopic (exact) mass is 370 g/mol. The zero-order valence-electron chi connectivity index (χ0n) is 11.5. The van der Waals surface area contributed by atoms with Crippen LogP contribution in [0.25, 0.3) is 0 Å². The number of benzene rings is 2. The lowest BCUT2D eigenvalue weighted by Gasteiger charge is -2.14. The second-order valence-electron chi connectivity index (χ2n) is 4.59. The average molecular weight is 370 g/mol. The van der Waals surface area contributed by atoms with Crippen molar-refractivity contribution in [3.05, 3.63) is 59.7 Å². The molecule has 0 radical (unpaired) electrons. The summed E-state index contributed by atoms with van der Waals surface area (Å²) in [5.74, 6) is -0.247. The quantitative estimate of drug-likeness (QED) is 0.591. The van der Waals surface area contributed by atoms with E-state index in [0.717, 1.165) is 0 Å². The van der Waals surface area contributed by atoms with Crippen molar-refractivity contribution < 1.29 is 38.9 Å². The number of hydrogen-bond donors (Lipinski definition) is 0. The minimum absolute atomic E-state index is 0.0908. The number of alkyl halides is 6. The first-order chi connectivity index (χ1) is 10.9. The molecule has 130 valence electrons. The van der Waals surface area contributed by atoms with Gasteiger partial charge in [-0.05, 0) is 30.3 Å². The van der Waals surface area contributed by atoms with E-state index >= 15 is 0 Å². The molecule has 0 amide bonds. The Labute approximate surface area is 132 Å². The van der Waals surface area contributed by atoms with Gasteiger partial charge in [-0.1, -0.05) is 18.2 Å². The second-order valence-corrected chi connectivity index (χ2v) is 6.14. The number of para-hydroxylation sites is 1. The Morgan fingerprint density at radius 3 is 1.62 bits per heavy atom. The second kappa shape index (κ2) is 6.00. The van der Waals surface area contributed by atoms with E-state index in [-0.39, 0.29) is 23.9 Å². The normalized spacial score (nSPS) is 12.9. The molecule has 0 fully saturated rings. The topological polar surface area (TPSA) is 43.4 Å². The first kappa shape index (κ1) is 18.1. The molecule has 0 heterocycles. The summed E-state index contributed by atoms with van der Waals surface area (Å²) in [5, 5.41) is 0. The highest BCUT2D eigenvalue weighted by atomic mass is 32.2. The first-order valence-corrected chi connectivity index (χ1v) is 7.59. The molecule has 10 heteroatoms. The van der Waals surface area contributed by atoms with E-state index in [9.17, 15) is 34.8 Å². The van der Waals surface area contributed by atoms with Crippen LogP contribution in [0.3, 0.4) is 0 Å². The fourth-order valence-electron chi connectivity index (χ4n) is 1.72. The average Bonchev–Trinajstić information content (AvgIpc) is 2.45. The summed E-state index contributed by atoms with van der Waals surface area (Å²) in [5.41, 5.74) is -3.49. The van der Waals surface area contributed by atoms with Crippen molar-refractivity contribution in [1.82, 2.24) is 0 Å². The minimum Gasteiger partial charge on any atom is -0.379 e. The van der Waals surface area contributed by atoms with Crippen LogP contribution >= 0.6 is 0 Å². The highest BCUT2D eigenvalue weighted by molar-refractivity contribution is 7.87. The smallest absolute Gasteiger partial charge is 0.379 e. The summed E-state index contributed by atoms with van der Waals surface area (Å²) in [6.07, 6.45) is -10.3. The van der Waals surface area contributed by atoms with E-state index in [1.165, 1.54) is 30.3 Å². The van der Waals surface area contributed by atoms with Crippen LogP contribution in [0.15, 0.2) is 53.4 Å². The maximum absolute atomic E-state index is 12.7. The van der Waals surface area contributed by atoms with Crippen molar-refractivity contribution in [3.63, 3.8) is 0 Å². The summed E-state index contributed by atoms with van der Waals surface area (Å²) in [4.78, 5) is -1.24. The molecule has 2 aromatic rings. The predicted octanol–water partition coefficient (Wildman–Crippen LogP) is 4.49. The summed E-state index contributed by atoms with van der Waals surface area (Å²) in [7, 11) is -4.88. The maximum atomic E-state index is 12.7. The van der Waals surface area contributed by atoms with E-state index in [0.29, 0.717) is 0 Å². The minimum atomic E-state index is -5.15. The van der Waals surface area contributed by atoms with Gasteiger partial charge >= 0.3 is 22.5 Å². The molecular weight excluding hydrogens is 362 g/mol. The van der Waals surface area contributed by atoms with Gasteiger partial charge in [-0.15, -0.1) is 0 Å². The molecule has 24 heavy (non-hydrogen) atoms. The summed E-state index contributed by atoms with van der Waals surface area (Å²) in [6, 6.07) is 6.69. The lowest BCUT2D eigenvalue weighted by molar-refractivity contribution is -0.143. The third-order valence-electron chi connectivity index (χ3n) is 2.80. The molecule has 0 bridgehead atoms. The zero-order chi connectivity index (χ0) is 18.2. The molecule has 0 spiro atoms. The Morgan fingerprint density at radius 2 is 1.21 bits per heavy atom. The van der Waals surface area contributed by atoms with Gasteiger partial charge in [-0.25, -0.2) is 0 Å². The van der Waals surface area contributed by atoms with Gasteiger partial charge in [-0.3, -0.25) is 0 Å². The molecule has 0 atom stereocenters. The molecule has 0 saturated carbocycles. The van der Waals surface area contributed by atoms with Crippen LogP contribution < -0.4 is 4.18 Å². The van der Waals surface area contributed by atoms with Crippen LogP contribution in [0, 0.1) is 0 Å². The first-order valence-electron chi connectivity index (χ1n) is 6.18. The Morgan fingerprint density at radius 1 is 0.750 bits per heavy atom. The van der Waals surface area contributed by atoms with Crippen LogP contribution in [-0.2, 0) is 22.5 Å². The largest absolute Gasteiger partial charge is 0.416 e. The predicted molar refractivity (Wildman–Crippen MR) is 70.7 cm³/mol. The van der Waals surface area contributed by atoms with Crippen molar-refractivity contribution in [1.29, 1.82) is 0 Å². The van der Waals surface area contributed by atoms with E-state index in [4.69, 9.17) is 0 Å². The Balaban J connectivity index is 2.56. The highest BCUT2D eigenvalue weighted by Crippen LogP contribution is 2.37. The van der Waals surface area contributed by atoms with Gasteiger partial charge in [0.1, 0.15) is 10.6 Å². The van der Waals surface area contributed by atoms with Gasteiger partial charge in [0, 0.05) is 0 Å². The van der Waals surface area contributed by atoms with Crippen LogP contribution in [0.1, 0.15) is 11.1 Å². The van der Waals surface area contributed by atoms with E-state index < -0.39 is 38.5 Å². The Kier molecular flexibility index (Phi) is 4.53. The standard InChI is InChI=1S/C14H8F6O3S/c15-13(16,17)9-6-10(14(18,19)20)8-12(7-9)24(21,22)23-11-4-2-1-3-5-11/h1-8H. The van der Waals surface area contributed by atoms with Crippen LogP contribution in [0.4, 0.5) is 26.3 Å². The lowest BCUT2D eigenvalue weighted by atomic mass is 10.1. The molecule has 3 nitrogen and oxygen atoms in total. The number of rotatable bonds is 3. The Bertz CT molecular complexity index is 794. The van der Waals surface area contributed by atoms with Gasteiger partial charge in [0.2, 0.25) is 0 Å². The number of hydrogen-bond acceptors (Lipinski definition) is 3. The van der Waals surface area contributed by atoms with Crippen molar-refractivity contribution in [2.45, 2.75) is 17.2 Å². The molecule has 0 N–H and O–H groups in total. The third-order valence-corrected chi connectivity index (χ3v) is 4.02. The molecule has 0 aromatic heterocycles. The SMILES string of the molecule is O=S(=O)(Oc1ccccc1)c1cc(C(F)(F)F)cc(C(F)(F)F)c1. The van der Waals surface area contributed by atoms with Gasteiger partial charge in [0.05, 0.1) is 11.1 Å². The molecular formula is C14H8F6O3S. The van der Waals surface area contributed by atoms with E-state index in [1.807, 2.05) is 0 Å². The van der Waals surface area contributed by atoms with Crippen LogP contribution in [-0.4, -0.2) is 8.42 Å². The summed E-state index contributed by atoms with van der Waals surface area (Å²) in [6.45, 7) is 0. The van der Waals surface area contributed by atoms with Crippen LogP contribution in [0.5, 0.6) is 5.75 Å². The summed E-state index contributed by atoms with van der Waals surface area (Å²) < 4.78 is 105. The van der Waals surface area contributed by atoms with E-state index in [2.05, 4.69) is 4.18 Å². The lowest BCUT2D eigenvalue weighted by Crippen LogP contribution is -2.16. The Hall–Kier alpha value is -2.23. The van der Waals surface area contributed by atoms with Crippen LogP contribution in [0.2, 0.25) is 0 Å². The molecule has 0 aliphatic heterocycles. The van der Waals surface area contributed by atoms with Crippen molar-refractivity contribution in [2.24, 2.45) is 0 Å². The fraction of sp³-hybridized carbons (Fsp3) is 0.143. The van der Waals surface area contributed by atoms with Crippen molar-refractivity contribution in [2.75, 3.05) is 0 Å². The highest BCUT2D eigenvalue weighted by Gasteiger charge is 2.38.